The molecule has 0 saturated heterocycles. The van der Waals surface area contributed by atoms with Crippen LogP contribution in [0.2, 0.25) is 0 Å². The van der Waals surface area contributed by atoms with E-state index in [9.17, 15) is 9.46 Å². The van der Waals surface area contributed by atoms with E-state index in [2.05, 4.69) is 5.09 Å². The molecule has 0 radical (unpaired) electrons. The van der Waals surface area contributed by atoms with Crippen LogP contribution in [0.3, 0.4) is 0 Å². The predicted molar refractivity (Wildman–Crippen MR) is 60.3 cm³/mol. The molecule has 2 N–H and O–H groups in total. The SMILES string of the molecule is O=P([O-])(NCCCO)N(CCCl)CCCl. The van der Waals surface area contributed by atoms with Crippen molar-refractivity contribution in [1.29, 1.82) is 0 Å². The van der Waals surface area contributed by atoms with Crippen molar-refractivity contribution < 1.29 is 14.6 Å². The van der Waals surface area contributed by atoms with Crippen LogP contribution >= 0.6 is 30.9 Å². The summed E-state index contributed by atoms with van der Waals surface area (Å²) in [6.45, 7) is 0.652. The Kier molecular flexibility index (Phi) is 9.14. The van der Waals surface area contributed by atoms with Gasteiger partial charge in [0, 0.05) is 38.0 Å². The fraction of sp³-hybridized carbons (Fsp3) is 1.00. The normalized spacial score (nSPS) is 15.5. The first-order chi connectivity index (χ1) is 7.08. The first-order valence-corrected chi connectivity index (χ1v) is 7.27. The summed E-state index contributed by atoms with van der Waals surface area (Å²) in [5.74, 6) is 0.454. The Hall–Kier alpha value is 0.650. The summed E-state index contributed by atoms with van der Waals surface area (Å²) in [6.07, 6.45) is 0.391. The molecular formula is C7H16Cl2N2O3P-. The zero-order valence-corrected chi connectivity index (χ0v) is 10.8. The summed E-state index contributed by atoms with van der Waals surface area (Å²) in [6, 6.07) is 0. The Bertz CT molecular complexity index is 203. The summed E-state index contributed by atoms with van der Waals surface area (Å²) in [5, 5.41) is 10.9. The highest BCUT2D eigenvalue weighted by Crippen LogP contribution is 2.34. The molecular weight excluding hydrogens is 262 g/mol. The highest BCUT2D eigenvalue weighted by atomic mass is 35.5. The third kappa shape index (κ3) is 6.74. The van der Waals surface area contributed by atoms with Gasteiger partial charge in [0.1, 0.15) is 7.67 Å². The van der Waals surface area contributed by atoms with Gasteiger partial charge in [-0.15, -0.1) is 23.2 Å². The maximum absolute atomic E-state index is 11.6. The number of aliphatic hydroxyl groups is 1. The van der Waals surface area contributed by atoms with Gasteiger partial charge in [0.25, 0.3) is 0 Å². The molecule has 0 aliphatic heterocycles. The summed E-state index contributed by atoms with van der Waals surface area (Å²) in [7, 11) is -3.81. The fourth-order valence-electron chi connectivity index (χ4n) is 0.970. The zero-order chi connectivity index (χ0) is 11.7. The van der Waals surface area contributed by atoms with Gasteiger partial charge < -0.3 is 14.6 Å². The molecule has 0 rings (SSSR count). The predicted octanol–water partition coefficient (Wildman–Crippen LogP) is 0.206. The molecule has 1 unspecified atom stereocenters. The first-order valence-electron chi connectivity index (χ1n) is 4.63. The maximum atomic E-state index is 11.6. The summed E-state index contributed by atoms with van der Waals surface area (Å²) in [4.78, 5) is 11.6. The van der Waals surface area contributed by atoms with Crippen LogP contribution in [0.15, 0.2) is 0 Å². The van der Waals surface area contributed by atoms with Crippen LogP contribution in [0.25, 0.3) is 0 Å². The largest absolute Gasteiger partial charge is 0.776 e. The van der Waals surface area contributed by atoms with Gasteiger partial charge in [0.15, 0.2) is 0 Å². The minimum absolute atomic E-state index is 0.0436. The van der Waals surface area contributed by atoms with Crippen LogP contribution < -0.4 is 9.98 Å². The molecule has 0 saturated carbocycles. The van der Waals surface area contributed by atoms with Crippen LogP contribution in [-0.4, -0.2) is 47.8 Å². The van der Waals surface area contributed by atoms with Crippen molar-refractivity contribution in [3.63, 3.8) is 0 Å². The average Bonchev–Trinajstić information content (AvgIpc) is 2.18. The highest BCUT2D eigenvalue weighted by molar-refractivity contribution is 7.51. The first kappa shape index (κ1) is 15.7. The fourth-order valence-corrected chi connectivity index (χ4v) is 2.98. The lowest BCUT2D eigenvalue weighted by atomic mass is 10.5. The number of rotatable bonds is 9. The lowest BCUT2D eigenvalue weighted by Crippen LogP contribution is -2.37. The minimum atomic E-state index is -3.81. The Morgan fingerprint density at radius 3 is 2.27 bits per heavy atom. The molecule has 0 aliphatic carbocycles. The van der Waals surface area contributed by atoms with Gasteiger partial charge in [0.05, 0.1) is 0 Å². The van der Waals surface area contributed by atoms with Gasteiger partial charge in [0.2, 0.25) is 0 Å². The molecule has 0 aliphatic rings. The Balaban J connectivity index is 4.15. The molecule has 0 heterocycles. The van der Waals surface area contributed by atoms with E-state index in [4.69, 9.17) is 28.3 Å². The third-order valence-electron chi connectivity index (χ3n) is 1.70. The van der Waals surface area contributed by atoms with E-state index in [0.717, 1.165) is 0 Å². The van der Waals surface area contributed by atoms with E-state index in [1.165, 1.54) is 4.67 Å². The average molecular weight is 278 g/mol. The van der Waals surface area contributed by atoms with Gasteiger partial charge in [-0.25, -0.2) is 0 Å². The number of aliphatic hydroxyl groups excluding tert-OH is 1. The topological polar surface area (TPSA) is 75.6 Å². The molecule has 0 spiro atoms. The van der Waals surface area contributed by atoms with Crippen molar-refractivity contribution in [2.45, 2.75) is 6.42 Å². The summed E-state index contributed by atoms with van der Waals surface area (Å²) in [5.41, 5.74) is 0. The smallest absolute Gasteiger partial charge is 0.146 e. The number of alkyl halides is 2. The monoisotopic (exact) mass is 277 g/mol. The van der Waals surface area contributed by atoms with Crippen molar-refractivity contribution in [3.05, 3.63) is 0 Å². The Labute approximate surface area is 99.9 Å². The molecule has 1 atom stereocenters. The van der Waals surface area contributed by atoms with Crippen molar-refractivity contribution in [2.75, 3.05) is 38.0 Å². The Morgan fingerprint density at radius 1 is 1.33 bits per heavy atom. The van der Waals surface area contributed by atoms with Crippen molar-refractivity contribution >= 4 is 30.9 Å². The van der Waals surface area contributed by atoms with Crippen molar-refractivity contribution in [1.82, 2.24) is 9.76 Å². The maximum Gasteiger partial charge on any atom is 0.146 e. The van der Waals surface area contributed by atoms with E-state index >= 15 is 0 Å². The van der Waals surface area contributed by atoms with Crippen LogP contribution in [0.5, 0.6) is 0 Å². The molecule has 5 nitrogen and oxygen atoms in total. The molecule has 92 valence electrons. The van der Waals surface area contributed by atoms with Crippen LogP contribution in [-0.2, 0) is 4.57 Å². The van der Waals surface area contributed by atoms with Crippen LogP contribution in [0, 0.1) is 0 Å². The van der Waals surface area contributed by atoms with Gasteiger partial charge in [-0.3, -0.25) is 9.76 Å². The summed E-state index contributed by atoms with van der Waals surface area (Å²) < 4.78 is 12.8. The highest BCUT2D eigenvalue weighted by Gasteiger charge is 2.16. The van der Waals surface area contributed by atoms with Gasteiger partial charge >= 0.3 is 0 Å². The van der Waals surface area contributed by atoms with Gasteiger partial charge in [-0.05, 0) is 6.42 Å². The minimum Gasteiger partial charge on any atom is -0.776 e. The molecule has 0 amide bonds. The number of halogens is 2. The van der Waals surface area contributed by atoms with E-state index in [0.29, 0.717) is 6.42 Å². The van der Waals surface area contributed by atoms with Crippen molar-refractivity contribution in [3.8, 4) is 0 Å². The molecule has 0 aromatic carbocycles. The zero-order valence-electron chi connectivity index (χ0n) is 8.36. The van der Waals surface area contributed by atoms with Gasteiger partial charge in [-0.2, -0.15) is 0 Å². The molecule has 8 heteroatoms. The number of nitrogens with one attached hydrogen (secondary N) is 1. The second kappa shape index (κ2) is 8.76. The molecule has 0 fully saturated rings. The Morgan fingerprint density at radius 2 is 1.87 bits per heavy atom. The molecule has 0 aromatic rings. The van der Waals surface area contributed by atoms with Gasteiger partial charge in [-0.1, -0.05) is 0 Å². The molecule has 0 aromatic heterocycles. The number of nitrogens with zero attached hydrogens (tertiary/aromatic N) is 1. The third-order valence-corrected chi connectivity index (χ3v) is 3.81. The van der Waals surface area contributed by atoms with Crippen LogP contribution in [0.4, 0.5) is 0 Å². The second-order valence-corrected chi connectivity index (χ2v) is 5.52. The lowest BCUT2D eigenvalue weighted by molar-refractivity contribution is -0.190. The number of hydrogen-bond donors (Lipinski definition) is 2. The quantitative estimate of drug-likeness (QED) is 0.358. The molecule has 0 bridgehead atoms. The van der Waals surface area contributed by atoms with E-state index < -0.39 is 7.67 Å². The lowest BCUT2D eigenvalue weighted by Gasteiger charge is -2.35. The summed E-state index contributed by atoms with van der Waals surface area (Å²) >= 11 is 11.0. The molecule has 15 heavy (non-hydrogen) atoms. The number of hydrogen-bond acceptors (Lipinski definition) is 3. The second-order valence-electron chi connectivity index (χ2n) is 2.84. The van der Waals surface area contributed by atoms with Crippen LogP contribution in [0.1, 0.15) is 6.42 Å². The van der Waals surface area contributed by atoms with E-state index in [1.54, 1.807) is 0 Å². The van der Waals surface area contributed by atoms with E-state index in [-0.39, 0.29) is 38.0 Å². The van der Waals surface area contributed by atoms with E-state index in [1.807, 2.05) is 0 Å². The standard InChI is InChI=1S/C7H17Cl2N2O3P/c8-2-5-11(6-3-9)15(13,14)10-4-1-7-12/h12H,1-7H2,(H2,10,13,14)/p-1. The van der Waals surface area contributed by atoms with Crippen molar-refractivity contribution in [2.24, 2.45) is 0 Å².